The Morgan fingerprint density at radius 2 is 1.76 bits per heavy atom. The van der Waals surface area contributed by atoms with E-state index < -0.39 is 16.1 Å². The molecular formula is C25H23ClN2O4S. The molecule has 1 unspecified atom stereocenters. The molecule has 170 valence electrons. The number of nitrogens with zero attached hydrogens (tertiary/aromatic N) is 1. The Balaban J connectivity index is 1.33. The molecule has 0 amide bonds. The molecule has 4 aromatic rings. The van der Waals surface area contributed by atoms with E-state index in [0.717, 1.165) is 16.6 Å². The molecule has 0 bridgehead atoms. The van der Waals surface area contributed by atoms with Crippen LogP contribution in [0.4, 0.5) is 0 Å². The minimum absolute atomic E-state index is 0.0816. The van der Waals surface area contributed by atoms with Crippen LogP contribution in [0.1, 0.15) is 23.8 Å². The van der Waals surface area contributed by atoms with Crippen molar-refractivity contribution in [3.63, 3.8) is 0 Å². The van der Waals surface area contributed by atoms with Crippen LogP contribution in [0.15, 0.2) is 89.8 Å². The summed E-state index contributed by atoms with van der Waals surface area (Å²) >= 11 is 5.81. The molecule has 0 saturated carbocycles. The Hall–Kier alpha value is -2.97. The molecule has 0 fully saturated rings. The van der Waals surface area contributed by atoms with Crippen molar-refractivity contribution in [2.24, 2.45) is 0 Å². The first-order valence-corrected chi connectivity index (χ1v) is 12.3. The molecule has 1 atom stereocenters. The SMILES string of the molecule is O=S(=O)(NCCC(O)c1cccc(OCc2ccc3ccccc3n2)c1)c1ccc(Cl)cc1. The zero-order valence-electron chi connectivity index (χ0n) is 17.7. The minimum atomic E-state index is -3.67. The lowest BCUT2D eigenvalue weighted by molar-refractivity contribution is 0.168. The van der Waals surface area contributed by atoms with Gasteiger partial charge in [-0.25, -0.2) is 18.1 Å². The van der Waals surface area contributed by atoms with E-state index >= 15 is 0 Å². The van der Waals surface area contributed by atoms with E-state index in [2.05, 4.69) is 9.71 Å². The van der Waals surface area contributed by atoms with E-state index in [-0.39, 0.29) is 17.9 Å². The average Bonchev–Trinajstić information content (AvgIpc) is 2.83. The van der Waals surface area contributed by atoms with Gasteiger partial charge in [0.25, 0.3) is 0 Å². The number of rotatable bonds is 9. The Bertz CT molecular complexity index is 1340. The number of aliphatic hydroxyl groups excluding tert-OH is 1. The maximum absolute atomic E-state index is 12.4. The van der Waals surface area contributed by atoms with Crippen molar-refractivity contribution in [3.05, 3.63) is 101 Å². The number of fused-ring (bicyclic) bond motifs is 1. The second-order valence-electron chi connectivity index (χ2n) is 7.51. The summed E-state index contributed by atoms with van der Waals surface area (Å²) in [4.78, 5) is 4.72. The van der Waals surface area contributed by atoms with Gasteiger partial charge in [-0.15, -0.1) is 0 Å². The van der Waals surface area contributed by atoms with Crippen LogP contribution >= 0.6 is 11.6 Å². The molecule has 6 nitrogen and oxygen atoms in total. The normalized spacial score (nSPS) is 12.5. The topological polar surface area (TPSA) is 88.5 Å². The molecule has 8 heteroatoms. The first-order valence-electron chi connectivity index (χ1n) is 10.4. The predicted octanol–water partition coefficient (Wildman–Crippen LogP) is 4.87. The van der Waals surface area contributed by atoms with Gasteiger partial charge in [-0.1, -0.05) is 48.0 Å². The Labute approximate surface area is 197 Å². The largest absolute Gasteiger partial charge is 0.487 e. The van der Waals surface area contributed by atoms with Gasteiger partial charge in [0.1, 0.15) is 12.4 Å². The number of aliphatic hydroxyl groups is 1. The van der Waals surface area contributed by atoms with Crippen molar-refractivity contribution in [2.45, 2.75) is 24.0 Å². The molecule has 3 aromatic carbocycles. The zero-order chi connectivity index (χ0) is 23.3. The lowest BCUT2D eigenvalue weighted by atomic mass is 10.1. The summed E-state index contributed by atoms with van der Waals surface area (Å²) in [6.07, 6.45) is -0.636. The molecule has 0 saturated heterocycles. The third kappa shape index (κ3) is 6.09. The standard InChI is InChI=1S/C25H23ClN2O4S/c26-20-9-12-23(13-10-20)33(30,31)27-15-14-25(29)19-5-3-6-22(16-19)32-17-21-11-8-18-4-1-2-7-24(18)28-21/h1-13,16,25,27,29H,14-15,17H2. The summed E-state index contributed by atoms with van der Waals surface area (Å²) < 4.78 is 33.1. The molecule has 1 aromatic heterocycles. The molecule has 33 heavy (non-hydrogen) atoms. The highest BCUT2D eigenvalue weighted by Gasteiger charge is 2.15. The lowest BCUT2D eigenvalue weighted by Gasteiger charge is -2.14. The first-order chi connectivity index (χ1) is 15.9. The number of sulfonamides is 1. The van der Waals surface area contributed by atoms with E-state index in [0.29, 0.717) is 22.9 Å². The highest BCUT2D eigenvalue weighted by molar-refractivity contribution is 7.89. The molecule has 1 heterocycles. The first kappa shape index (κ1) is 23.2. The second kappa shape index (κ2) is 10.3. The molecule has 4 rings (SSSR count). The lowest BCUT2D eigenvalue weighted by Crippen LogP contribution is -2.25. The summed E-state index contributed by atoms with van der Waals surface area (Å²) in [7, 11) is -3.67. The van der Waals surface area contributed by atoms with Crippen LogP contribution in [-0.4, -0.2) is 25.1 Å². The number of ether oxygens (including phenoxy) is 1. The van der Waals surface area contributed by atoms with E-state index in [1.165, 1.54) is 24.3 Å². The number of aromatic nitrogens is 1. The highest BCUT2D eigenvalue weighted by Crippen LogP contribution is 2.23. The number of hydrogen-bond acceptors (Lipinski definition) is 5. The van der Waals surface area contributed by atoms with Crippen LogP contribution < -0.4 is 9.46 Å². The summed E-state index contributed by atoms with van der Waals surface area (Å²) in [5.41, 5.74) is 2.35. The minimum Gasteiger partial charge on any atom is -0.487 e. The van der Waals surface area contributed by atoms with Gasteiger partial charge in [0.05, 0.1) is 22.2 Å². The number of pyridine rings is 1. The Kier molecular flexibility index (Phi) is 7.25. The van der Waals surface area contributed by atoms with Gasteiger partial charge in [-0.2, -0.15) is 0 Å². The van der Waals surface area contributed by atoms with Crippen LogP contribution in [0, 0.1) is 0 Å². The second-order valence-corrected chi connectivity index (χ2v) is 9.72. The molecule has 0 spiro atoms. The van der Waals surface area contributed by atoms with E-state index in [1.807, 2.05) is 36.4 Å². The fourth-order valence-corrected chi connectivity index (χ4v) is 4.52. The number of hydrogen-bond donors (Lipinski definition) is 2. The number of halogens is 1. The van der Waals surface area contributed by atoms with Crippen molar-refractivity contribution >= 4 is 32.5 Å². The summed E-state index contributed by atoms with van der Waals surface area (Å²) in [6, 6.07) is 24.8. The molecule has 0 aliphatic carbocycles. The van der Waals surface area contributed by atoms with Crippen molar-refractivity contribution in [3.8, 4) is 5.75 Å². The third-order valence-corrected chi connectivity index (χ3v) is 6.85. The zero-order valence-corrected chi connectivity index (χ0v) is 19.3. The van der Waals surface area contributed by atoms with E-state index in [4.69, 9.17) is 16.3 Å². The van der Waals surface area contributed by atoms with Crippen molar-refractivity contribution in [1.29, 1.82) is 0 Å². The van der Waals surface area contributed by atoms with Gasteiger partial charge in [-0.3, -0.25) is 0 Å². The Morgan fingerprint density at radius 1 is 0.970 bits per heavy atom. The fraction of sp³-hybridized carbons (Fsp3) is 0.160. The van der Waals surface area contributed by atoms with Gasteiger partial charge in [0.15, 0.2) is 0 Å². The summed E-state index contributed by atoms with van der Waals surface area (Å²) in [5, 5.41) is 12.1. The number of nitrogens with one attached hydrogen (secondary N) is 1. The van der Waals surface area contributed by atoms with E-state index in [9.17, 15) is 13.5 Å². The molecular weight excluding hydrogens is 460 g/mol. The maximum Gasteiger partial charge on any atom is 0.240 e. The van der Waals surface area contributed by atoms with Gasteiger partial charge in [-0.05, 0) is 60.5 Å². The molecule has 2 N–H and O–H groups in total. The third-order valence-electron chi connectivity index (χ3n) is 5.12. The van der Waals surface area contributed by atoms with Crippen LogP contribution in [0.5, 0.6) is 5.75 Å². The summed E-state index contributed by atoms with van der Waals surface area (Å²) in [6.45, 7) is 0.378. The smallest absolute Gasteiger partial charge is 0.240 e. The van der Waals surface area contributed by atoms with Gasteiger partial charge in [0.2, 0.25) is 10.0 Å². The van der Waals surface area contributed by atoms with Gasteiger partial charge >= 0.3 is 0 Å². The quantitative estimate of drug-likeness (QED) is 0.355. The molecule has 0 aliphatic heterocycles. The fourth-order valence-electron chi connectivity index (χ4n) is 3.35. The highest BCUT2D eigenvalue weighted by atomic mass is 35.5. The molecule has 0 radical (unpaired) electrons. The van der Waals surface area contributed by atoms with Gasteiger partial charge in [0, 0.05) is 17.0 Å². The predicted molar refractivity (Wildman–Crippen MR) is 129 cm³/mol. The summed E-state index contributed by atoms with van der Waals surface area (Å²) in [5.74, 6) is 0.600. The number of para-hydroxylation sites is 1. The number of benzene rings is 3. The van der Waals surface area contributed by atoms with Gasteiger partial charge < -0.3 is 9.84 Å². The van der Waals surface area contributed by atoms with Crippen LogP contribution in [0.25, 0.3) is 10.9 Å². The Morgan fingerprint density at radius 3 is 2.58 bits per heavy atom. The van der Waals surface area contributed by atoms with Crippen molar-refractivity contribution in [1.82, 2.24) is 9.71 Å². The van der Waals surface area contributed by atoms with Crippen molar-refractivity contribution in [2.75, 3.05) is 6.54 Å². The van der Waals surface area contributed by atoms with Crippen molar-refractivity contribution < 1.29 is 18.3 Å². The van der Waals surface area contributed by atoms with E-state index in [1.54, 1.807) is 24.3 Å². The van der Waals surface area contributed by atoms with Crippen LogP contribution in [-0.2, 0) is 16.6 Å². The average molecular weight is 483 g/mol. The molecule has 0 aliphatic rings. The van der Waals surface area contributed by atoms with Crippen LogP contribution in [0.2, 0.25) is 5.02 Å². The van der Waals surface area contributed by atoms with Crippen LogP contribution in [0.3, 0.4) is 0 Å². The monoisotopic (exact) mass is 482 g/mol. The maximum atomic E-state index is 12.4.